The van der Waals surface area contributed by atoms with Crippen molar-refractivity contribution >= 4 is 16.9 Å². The normalized spacial score (nSPS) is 11.2. The van der Waals surface area contributed by atoms with E-state index in [1.807, 2.05) is 24.3 Å². The number of hydrogen-bond donors (Lipinski definition) is 0. The Kier molecular flexibility index (Phi) is 7.78. The van der Waals surface area contributed by atoms with Gasteiger partial charge in [-0.25, -0.2) is 0 Å². The van der Waals surface area contributed by atoms with Gasteiger partial charge in [0.1, 0.15) is 5.52 Å². The second-order valence-electron chi connectivity index (χ2n) is 6.32. The lowest BCUT2D eigenvalue weighted by molar-refractivity contribution is 0.0886. The average molecular weight is 315 g/mol. The van der Waals surface area contributed by atoms with Crippen LogP contribution in [-0.2, 0) is 0 Å². The fraction of sp³-hybridized carbons (Fsp3) is 0.632. The standard InChI is InChI=1S/C19H29N3O/c1-2-3-4-5-6-7-8-9-10-11-16-19(23)22-18-15-13-12-14-17(18)20-21-22/h12-15H,2-11,16H2,1H3. The summed E-state index contributed by atoms with van der Waals surface area (Å²) >= 11 is 0. The second kappa shape index (κ2) is 10.1. The third kappa shape index (κ3) is 5.77. The van der Waals surface area contributed by atoms with Crippen molar-refractivity contribution in [2.24, 2.45) is 0 Å². The summed E-state index contributed by atoms with van der Waals surface area (Å²) in [5.41, 5.74) is 1.59. The third-order valence-corrected chi connectivity index (χ3v) is 4.33. The van der Waals surface area contributed by atoms with Crippen molar-refractivity contribution in [3.05, 3.63) is 24.3 Å². The van der Waals surface area contributed by atoms with Crippen molar-refractivity contribution < 1.29 is 4.79 Å². The molecule has 4 heteroatoms. The maximum atomic E-state index is 12.2. The summed E-state index contributed by atoms with van der Waals surface area (Å²) in [6.45, 7) is 2.25. The minimum atomic E-state index is 0.0539. The number of nitrogens with zero attached hydrogens (tertiary/aromatic N) is 3. The molecular formula is C19H29N3O. The summed E-state index contributed by atoms with van der Waals surface area (Å²) in [7, 11) is 0. The lowest BCUT2D eigenvalue weighted by Crippen LogP contribution is -2.12. The fourth-order valence-electron chi connectivity index (χ4n) is 2.92. The first-order valence-electron chi connectivity index (χ1n) is 9.16. The number of para-hydroxylation sites is 1. The van der Waals surface area contributed by atoms with Crippen LogP contribution in [0.4, 0.5) is 0 Å². The van der Waals surface area contributed by atoms with E-state index in [4.69, 9.17) is 0 Å². The molecule has 0 amide bonds. The predicted octanol–water partition coefficient (Wildman–Crippen LogP) is 5.38. The fourth-order valence-corrected chi connectivity index (χ4v) is 2.92. The van der Waals surface area contributed by atoms with Crippen molar-refractivity contribution in [2.45, 2.75) is 77.6 Å². The van der Waals surface area contributed by atoms with E-state index in [-0.39, 0.29) is 5.91 Å². The Morgan fingerprint density at radius 1 is 0.913 bits per heavy atom. The highest BCUT2D eigenvalue weighted by molar-refractivity contribution is 5.88. The zero-order valence-corrected chi connectivity index (χ0v) is 14.3. The summed E-state index contributed by atoms with van der Waals surface area (Å²) in [5.74, 6) is 0.0539. The molecule has 0 aliphatic rings. The lowest BCUT2D eigenvalue weighted by atomic mass is 10.1. The molecule has 0 spiro atoms. The maximum absolute atomic E-state index is 12.2. The average Bonchev–Trinajstić information content (AvgIpc) is 3.00. The number of benzene rings is 1. The Hall–Kier alpha value is -1.71. The first-order chi connectivity index (χ1) is 11.3. The van der Waals surface area contributed by atoms with Crippen molar-refractivity contribution in [2.75, 3.05) is 0 Å². The number of rotatable bonds is 11. The third-order valence-electron chi connectivity index (χ3n) is 4.33. The van der Waals surface area contributed by atoms with E-state index >= 15 is 0 Å². The largest absolute Gasteiger partial charge is 0.273 e. The van der Waals surface area contributed by atoms with Gasteiger partial charge in [0.2, 0.25) is 5.91 Å². The molecule has 2 aromatic rings. The Morgan fingerprint density at radius 3 is 2.22 bits per heavy atom. The van der Waals surface area contributed by atoms with Crippen molar-refractivity contribution in [1.82, 2.24) is 15.0 Å². The van der Waals surface area contributed by atoms with Crippen molar-refractivity contribution in [3.8, 4) is 0 Å². The van der Waals surface area contributed by atoms with Gasteiger partial charge in [-0.05, 0) is 18.6 Å². The molecular weight excluding hydrogens is 286 g/mol. The van der Waals surface area contributed by atoms with Crippen molar-refractivity contribution in [3.63, 3.8) is 0 Å². The molecule has 1 aromatic carbocycles. The second-order valence-corrected chi connectivity index (χ2v) is 6.32. The topological polar surface area (TPSA) is 47.8 Å². The first-order valence-corrected chi connectivity index (χ1v) is 9.16. The highest BCUT2D eigenvalue weighted by atomic mass is 16.2. The van der Waals surface area contributed by atoms with E-state index < -0.39 is 0 Å². The number of hydrogen-bond acceptors (Lipinski definition) is 3. The number of aromatic nitrogens is 3. The molecule has 2 rings (SSSR count). The zero-order chi connectivity index (χ0) is 16.3. The van der Waals surface area contributed by atoms with E-state index in [9.17, 15) is 4.79 Å². The lowest BCUT2D eigenvalue weighted by Gasteiger charge is -2.03. The molecule has 0 bridgehead atoms. The quantitative estimate of drug-likeness (QED) is 0.523. The molecule has 1 aromatic heterocycles. The molecule has 0 radical (unpaired) electrons. The van der Waals surface area contributed by atoms with Crippen LogP contribution in [0, 0.1) is 0 Å². The van der Waals surface area contributed by atoms with Crippen LogP contribution in [0.25, 0.3) is 11.0 Å². The van der Waals surface area contributed by atoms with Gasteiger partial charge in [-0.1, -0.05) is 82.1 Å². The van der Waals surface area contributed by atoms with Crippen LogP contribution in [0.5, 0.6) is 0 Å². The van der Waals surface area contributed by atoms with E-state index in [1.54, 1.807) is 0 Å². The summed E-state index contributed by atoms with van der Waals surface area (Å²) in [5, 5.41) is 8.01. The summed E-state index contributed by atoms with van der Waals surface area (Å²) in [4.78, 5) is 12.2. The molecule has 0 aliphatic heterocycles. The van der Waals surface area contributed by atoms with E-state index in [0.717, 1.165) is 23.9 Å². The van der Waals surface area contributed by atoms with Gasteiger partial charge in [0.05, 0.1) is 5.52 Å². The maximum Gasteiger partial charge on any atom is 0.248 e. The van der Waals surface area contributed by atoms with Crippen LogP contribution in [0.15, 0.2) is 24.3 Å². The van der Waals surface area contributed by atoms with Gasteiger partial charge >= 0.3 is 0 Å². The molecule has 0 N–H and O–H groups in total. The monoisotopic (exact) mass is 315 g/mol. The van der Waals surface area contributed by atoms with Crippen LogP contribution >= 0.6 is 0 Å². The zero-order valence-electron chi connectivity index (χ0n) is 14.3. The first kappa shape index (κ1) is 17.6. The smallest absolute Gasteiger partial charge is 0.248 e. The van der Waals surface area contributed by atoms with Crippen LogP contribution in [0.1, 0.15) is 82.3 Å². The van der Waals surface area contributed by atoms with E-state index in [1.165, 1.54) is 56.0 Å². The van der Waals surface area contributed by atoms with Gasteiger partial charge in [-0.2, -0.15) is 4.68 Å². The van der Waals surface area contributed by atoms with Crippen LogP contribution in [0.2, 0.25) is 0 Å². The van der Waals surface area contributed by atoms with Gasteiger partial charge < -0.3 is 0 Å². The summed E-state index contributed by atoms with van der Waals surface area (Å²) < 4.78 is 1.45. The van der Waals surface area contributed by atoms with Crippen molar-refractivity contribution in [1.29, 1.82) is 0 Å². The Balaban J connectivity index is 1.57. The Bertz CT molecular complexity index is 591. The Labute approximate surface area is 139 Å². The molecule has 0 unspecified atom stereocenters. The summed E-state index contributed by atoms with van der Waals surface area (Å²) in [6, 6.07) is 7.60. The summed E-state index contributed by atoms with van der Waals surface area (Å²) in [6.07, 6.45) is 13.3. The minimum Gasteiger partial charge on any atom is -0.273 e. The Morgan fingerprint density at radius 2 is 1.52 bits per heavy atom. The SMILES string of the molecule is CCCCCCCCCCCCC(=O)n1nnc2ccccc21. The molecule has 0 saturated heterocycles. The van der Waals surface area contributed by atoms with Gasteiger partial charge in [-0.15, -0.1) is 5.10 Å². The molecule has 126 valence electrons. The molecule has 0 saturated carbocycles. The van der Waals surface area contributed by atoms with Gasteiger partial charge in [0.25, 0.3) is 0 Å². The molecule has 1 heterocycles. The van der Waals surface area contributed by atoms with Gasteiger partial charge in [0, 0.05) is 6.42 Å². The minimum absolute atomic E-state index is 0.0539. The number of unbranched alkanes of at least 4 members (excludes halogenated alkanes) is 9. The molecule has 4 nitrogen and oxygen atoms in total. The van der Waals surface area contributed by atoms with Gasteiger partial charge in [-0.3, -0.25) is 4.79 Å². The highest BCUT2D eigenvalue weighted by Crippen LogP contribution is 2.13. The van der Waals surface area contributed by atoms with Crippen LogP contribution in [-0.4, -0.2) is 20.9 Å². The van der Waals surface area contributed by atoms with E-state index in [2.05, 4.69) is 17.2 Å². The molecule has 0 fully saturated rings. The number of carbonyl (C=O) groups excluding carboxylic acids is 1. The van der Waals surface area contributed by atoms with Gasteiger partial charge in [0.15, 0.2) is 0 Å². The molecule has 0 atom stereocenters. The van der Waals surface area contributed by atoms with E-state index in [0.29, 0.717) is 6.42 Å². The van der Waals surface area contributed by atoms with Crippen LogP contribution < -0.4 is 0 Å². The predicted molar refractivity (Wildman–Crippen MR) is 94.6 cm³/mol. The number of carbonyl (C=O) groups is 1. The highest BCUT2D eigenvalue weighted by Gasteiger charge is 2.10. The number of fused-ring (bicyclic) bond motifs is 1. The molecule has 0 aliphatic carbocycles. The van der Waals surface area contributed by atoms with Crippen LogP contribution in [0.3, 0.4) is 0 Å². The molecule has 23 heavy (non-hydrogen) atoms.